The molecule has 0 saturated heterocycles. The van der Waals surface area contributed by atoms with Crippen molar-refractivity contribution in [2.45, 2.75) is 109 Å². The van der Waals surface area contributed by atoms with Gasteiger partial charge in [-0.2, -0.15) is 0 Å². The lowest BCUT2D eigenvalue weighted by Gasteiger charge is -2.31. The van der Waals surface area contributed by atoms with Crippen LogP contribution in [0.2, 0.25) is 0 Å². The van der Waals surface area contributed by atoms with Gasteiger partial charge in [-0.3, -0.25) is 57.6 Å². The third kappa shape index (κ3) is 12.8. The minimum Gasteiger partial charge on any atom is -0.481 e. The first kappa shape index (κ1) is 58.0. The molecular weight excluding hydrogens is 1060 g/mol. The summed E-state index contributed by atoms with van der Waals surface area (Å²) in [6.45, 7) is 1.09. The SMILES string of the molecule is CC[C@@]1(O)C(=O)OCc2c1cc1n(c2=O)Cc2c-1nc1cc(F)c(C)c3c1c2[C@@H](NC(=O)CCCNC(=O)CNC(=O)[C@H](Cc1ccccc1)NC(=O)CNC(=O)CNC(=O)CCNC(=O)[C@H](CCC(=O)O)N1C(=O)C=CC1=O)CC3. The molecule has 4 aromatic rings. The maximum Gasteiger partial charge on any atom is 0.343 e. The van der Waals surface area contributed by atoms with Crippen LogP contribution in [0.15, 0.2) is 59.4 Å². The van der Waals surface area contributed by atoms with E-state index in [1.54, 1.807) is 50.2 Å². The van der Waals surface area contributed by atoms with E-state index in [0.717, 1.165) is 17.7 Å². The fourth-order valence-corrected chi connectivity index (χ4v) is 10.4. The Morgan fingerprint density at radius 3 is 2.21 bits per heavy atom. The molecule has 0 saturated carbocycles. The highest BCUT2D eigenvalue weighted by Gasteiger charge is 2.46. The van der Waals surface area contributed by atoms with Crippen molar-refractivity contribution in [3.8, 4) is 11.4 Å². The minimum atomic E-state index is -2.05. The van der Waals surface area contributed by atoms with E-state index in [1.165, 1.54) is 10.6 Å². The van der Waals surface area contributed by atoms with Gasteiger partial charge in [-0.15, -0.1) is 0 Å². The molecule has 1 aliphatic carbocycles. The van der Waals surface area contributed by atoms with Gasteiger partial charge in [0.1, 0.15) is 24.5 Å². The Kier molecular flexibility index (Phi) is 17.8. The molecule has 3 aliphatic heterocycles. The monoisotopic (exact) mass is 1120 g/mol. The minimum absolute atomic E-state index is 0.00261. The number of cyclic esters (lactones) is 1. The molecule has 9 amide bonds. The van der Waals surface area contributed by atoms with Gasteiger partial charge in [0, 0.05) is 73.5 Å². The number of nitrogens with zero attached hydrogens (tertiary/aromatic N) is 3. The zero-order valence-electron chi connectivity index (χ0n) is 44.2. The number of aromatic nitrogens is 2. The van der Waals surface area contributed by atoms with Gasteiger partial charge < -0.3 is 56.7 Å². The number of carbonyl (C=O) groups is 11. The van der Waals surface area contributed by atoms with Crippen LogP contribution in [0, 0.1) is 12.7 Å². The third-order valence-electron chi connectivity index (χ3n) is 14.6. The van der Waals surface area contributed by atoms with Gasteiger partial charge in [0.25, 0.3) is 17.4 Å². The van der Waals surface area contributed by atoms with Crippen molar-refractivity contribution >= 4 is 76.0 Å². The lowest BCUT2D eigenvalue weighted by atomic mass is 9.81. The maximum atomic E-state index is 15.4. The summed E-state index contributed by atoms with van der Waals surface area (Å²) in [5.74, 6) is -8.97. The number of carboxylic acid groups (broad SMARTS) is 1. The molecule has 8 rings (SSSR count). The van der Waals surface area contributed by atoms with Crippen LogP contribution in [0.1, 0.15) is 96.9 Å². The van der Waals surface area contributed by atoms with E-state index in [2.05, 4.69) is 37.2 Å². The van der Waals surface area contributed by atoms with E-state index >= 15 is 4.39 Å². The molecule has 4 aliphatic rings. The quantitative estimate of drug-likeness (QED) is 0.0209. The second kappa shape index (κ2) is 24.9. The van der Waals surface area contributed by atoms with Gasteiger partial charge >= 0.3 is 11.9 Å². The number of ether oxygens (including phenoxy) is 1. The average Bonchev–Trinajstić information content (AvgIpc) is 2.44. The molecule has 9 N–H and O–H groups in total. The zero-order valence-corrected chi connectivity index (χ0v) is 44.2. The Morgan fingerprint density at radius 1 is 0.802 bits per heavy atom. The number of aliphatic hydroxyl groups is 1. The Hall–Kier alpha value is -9.20. The fourth-order valence-electron chi connectivity index (χ4n) is 10.4. The third-order valence-corrected chi connectivity index (χ3v) is 14.6. The number of rotatable bonds is 24. The molecule has 81 heavy (non-hydrogen) atoms. The topological polar surface area (TPSA) is 360 Å². The van der Waals surface area contributed by atoms with Crippen molar-refractivity contribution in [1.29, 1.82) is 0 Å². The summed E-state index contributed by atoms with van der Waals surface area (Å²) in [5, 5.41) is 38.9. The van der Waals surface area contributed by atoms with Crippen molar-refractivity contribution in [3.05, 3.63) is 110 Å². The molecule has 2 aromatic carbocycles. The highest BCUT2D eigenvalue weighted by molar-refractivity contribution is 6.15. The van der Waals surface area contributed by atoms with Crippen molar-refractivity contribution in [3.63, 3.8) is 0 Å². The summed E-state index contributed by atoms with van der Waals surface area (Å²) < 4.78 is 22.1. The number of fused-ring (bicyclic) bond motifs is 5. The van der Waals surface area contributed by atoms with Crippen LogP contribution in [0.4, 0.5) is 4.39 Å². The predicted molar refractivity (Wildman–Crippen MR) is 281 cm³/mol. The van der Waals surface area contributed by atoms with Crippen LogP contribution in [0.3, 0.4) is 0 Å². The Bertz CT molecular complexity index is 3360. The number of imide groups is 1. The average molecular weight is 1120 g/mol. The number of pyridine rings is 2. The molecular formula is C55H59FN10O15. The van der Waals surface area contributed by atoms with Crippen LogP contribution < -0.4 is 42.8 Å². The van der Waals surface area contributed by atoms with Gasteiger partial charge in [-0.05, 0) is 67.3 Å². The number of carbonyl (C=O) groups excluding carboxylic acids is 10. The number of hydrogen-bond donors (Lipinski definition) is 9. The van der Waals surface area contributed by atoms with Crippen LogP contribution in [-0.2, 0) is 89.1 Å². The van der Waals surface area contributed by atoms with Crippen molar-refractivity contribution in [2.24, 2.45) is 0 Å². The second-order valence-electron chi connectivity index (χ2n) is 19.9. The zero-order chi connectivity index (χ0) is 58.3. The number of amides is 9. The molecule has 0 bridgehead atoms. The summed E-state index contributed by atoms with van der Waals surface area (Å²) in [6, 6.07) is 8.32. The molecule has 25 nitrogen and oxygen atoms in total. The molecule has 4 atom stereocenters. The number of aliphatic carboxylic acids is 1. The highest BCUT2D eigenvalue weighted by Crippen LogP contribution is 2.46. The van der Waals surface area contributed by atoms with Crippen LogP contribution in [0.25, 0.3) is 22.3 Å². The molecule has 0 spiro atoms. The summed E-state index contributed by atoms with van der Waals surface area (Å²) in [7, 11) is 0. The maximum absolute atomic E-state index is 15.4. The van der Waals surface area contributed by atoms with E-state index in [1.807, 2.05) is 0 Å². The summed E-state index contributed by atoms with van der Waals surface area (Å²) in [6.07, 6.45) is 1.60. The molecule has 26 heteroatoms. The lowest BCUT2D eigenvalue weighted by molar-refractivity contribution is -0.172. The number of esters is 1. The number of carboxylic acids is 1. The van der Waals surface area contributed by atoms with Crippen LogP contribution >= 0.6 is 0 Å². The van der Waals surface area contributed by atoms with Crippen molar-refractivity contribution in [2.75, 3.05) is 32.7 Å². The van der Waals surface area contributed by atoms with Gasteiger partial charge in [0.15, 0.2) is 5.60 Å². The van der Waals surface area contributed by atoms with E-state index in [0.29, 0.717) is 62.3 Å². The Balaban J connectivity index is 0.796. The standard InChI is InChI=1S/C55H59FN10O15/c1-3-55(80)33-21-39-50-31(26-65(39)53(78)32(33)27-81-54(55)79)49-35(12-11-30-28(2)34(56)22-36(64-50)48(30)49)62-41(68)10-7-18-57-42(69)24-61-51(76)37(20-29-8-5-4-6-9-29)63-44(71)25-60-43(70)23-59-40(67)17-19-58-52(77)38(13-16-47(74)75)66-45(72)14-15-46(66)73/h4-6,8-9,14-15,21-22,35,37-38,80H,3,7,10-13,16-20,23-27H2,1-2H3,(H,57,69)(H,58,77)(H,59,67)(H,60,70)(H,61,76)(H,62,68)(H,63,71)(H,74,75)/t35-,37-,38-,55-/m0/s1. The number of aryl methyl sites for hydroxylation is 1. The van der Waals surface area contributed by atoms with Gasteiger partial charge in [0.05, 0.1) is 54.7 Å². The number of hydrogen-bond acceptors (Lipinski definition) is 15. The predicted octanol–water partition coefficient (Wildman–Crippen LogP) is -0.732. The first-order valence-electron chi connectivity index (χ1n) is 26.3. The first-order valence-corrected chi connectivity index (χ1v) is 26.3. The number of nitrogens with one attached hydrogen (secondary N) is 7. The van der Waals surface area contributed by atoms with E-state index < -0.39 is 120 Å². The van der Waals surface area contributed by atoms with E-state index in [9.17, 15) is 62.6 Å². The van der Waals surface area contributed by atoms with Crippen LogP contribution in [-0.4, -0.2) is 135 Å². The normalized spacial score (nSPS) is 17.2. The molecule has 2 aromatic heterocycles. The van der Waals surface area contributed by atoms with Crippen molar-refractivity contribution < 1.29 is 72.1 Å². The molecule has 426 valence electrons. The summed E-state index contributed by atoms with van der Waals surface area (Å²) in [4.78, 5) is 158. The summed E-state index contributed by atoms with van der Waals surface area (Å²) >= 11 is 0. The van der Waals surface area contributed by atoms with Crippen LogP contribution in [0.5, 0.6) is 0 Å². The largest absolute Gasteiger partial charge is 0.481 e. The fraction of sp³-hybridized carbons (Fsp3) is 0.400. The van der Waals surface area contributed by atoms with Gasteiger partial charge in [0.2, 0.25) is 41.4 Å². The molecule has 5 heterocycles. The molecule has 0 radical (unpaired) electrons. The van der Waals surface area contributed by atoms with E-state index in [4.69, 9.17) is 14.8 Å². The Labute approximate surface area is 460 Å². The molecule has 0 unspecified atom stereocenters. The lowest BCUT2D eigenvalue weighted by Crippen LogP contribution is -2.52. The second-order valence-corrected chi connectivity index (χ2v) is 19.9. The number of halogens is 1. The molecule has 0 fully saturated rings. The summed E-state index contributed by atoms with van der Waals surface area (Å²) in [5.41, 5.74) is 1.93. The van der Waals surface area contributed by atoms with E-state index in [-0.39, 0.29) is 81.8 Å². The number of benzene rings is 2. The van der Waals surface area contributed by atoms with Crippen molar-refractivity contribution in [1.82, 2.24) is 51.7 Å². The van der Waals surface area contributed by atoms with Gasteiger partial charge in [-0.1, -0.05) is 37.3 Å². The smallest absolute Gasteiger partial charge is 0.343 e. The Morgan fingerprint density at radius 2 is 1.49 bits per heavy atom. The van der Waals surface area contributed by atoms with Gasteiger partial charge in [-0.25, -0.2) is 14.2 Å². The highest BCUT2D eigenvalue weighted by atomic mass is 19.1. The first-order chi connectivity index (χ1) is 38.7.